The van der Waals surface area contributed by atoms with Crippen molar-refractivity contribution in [2.45, 2.75) is 11.8 Å². The third kappa shape index (κ3) is 3.50. The normalized spacial score (nSPS) is 24.0. The minimum Gasteiger partial charge on any atom is -0.497 e. The highest BCUT2D eigenvalue weighted by Gasteiger charge is 2.56. The Kier molecular flexibility index (Phi) is 5.47. The Morgan fingerprint density at radius 3 is 1.64 bits per heavy atom. The highest BCUT2D eigenvalue weighted by atomic mass is 16.5. The zero-order valence-electron chi connectivity index (χ0n) is 18.5. The van der Waals surface area contributed by atoms with Gasteiger partial charge in [0.2, 0.25) is 11.8 Å². The highest BCUT2D eigenvalue weighted by Crippen LogP contribution is 2.51. The lowest BCUT2D eigenvalue weighted by atomic mass is 9.68. The van der Waals surface area contributed by atoms with Crippen LogP contribution in [-0.4, -0.2) is 26.0 Å². The number of benzene rings is 3. The Balaban J connectivity index is 1.65. The van der Waals surface area contributed by atoms with E-state index in [-0.39, 0.29) is 23.7 Å². The van der Waals surface area contributed by atoms with Crippen LogP contribution in [0, 0.1) is 11.8 Å². The van der Waals surface area contributed by atoms with E-state index in [4.69, 9.17) is 9.47 Å². The number of carbonyl (C=O) groups excluding carboxylic acids is 2. The number of allylic oxidation sites excluding steroid dienone is 2. The third-order valence-electron chi connectivity index (χ3n) is 6.69. The number of anilines is 1. The molecule has 1 aliphatic carbocycles. The smallest absolute Gasteiger partial charge is 0.238 e. The number of hydrogen-bond donors (Lipinski definition) is 0. The number of methoxy groups -OCH3 is 2. The van der Waals surface area contributed by atoms with Gasteiger partial charge in [0.05, 0.1) is 31.7 Å². The topological polar surface area (TPSA) is 55.8 Å². The molecule has 1 fully saturated rings. The fourth-order valence-electron chi connectivity index (χ4n) is 5.14. The van der Waals surface area contributed by atoms with Gasteiger partial charge in [0.15, 0.2) is 0 Å². The zero-order valence-corrected chi connectivity index (χ0v) is 18.5. The molecule has 0 saturated carbocycles. The van der Waals surface area contributed by atoms with Crippen LogP contribution in [0.3, 0.4) is 0 Å². The molecule has 2 amide bonds. The Morgan fingerprint density at radius 1 is 0.667 bits per heavy atom. The van der Waals surface area contributed by atoms with Crippen LogP contribution in [0.4, 0.5) is 5.69 Å². The predicted molar refractivity (Wildman–Crippen MR) is 127 cm³/mol. The summed E-state index contributed by atoms with van der Waals surface area (Å²) in [6.07, 6.45) is 4.18. The van der Waals surface area contributed by atoms with Gasteiger partial charge in [0.1, 0.15) is 11.5 Å². The summed E-state index contributed by atoms with van der Waals surface area (Å²) in [5.74, 6) is -0.804. The van der Waals surface area contributed by atoms with Crippen molar-refractivity contribution in [3.63, 3.8) is 0 Å². The lowest BCUT2D eigenvalue weighted by Gasteiger charge is -2.32. The molecule has 1 saturated heterocycles. The molecule has 1 aliphatic heterocycles. The van der Waals surface area contributed by atoms with Gasteiger partial charge in [-0.2, -0.15) is 0 Å². The van der Waals surface area contributed by atoms with Gasteiger partial charge in [0.25, 0.3) is 0 Å². The molecule has 0 spiro atoms. The number of rotatable bonds is 5. The fraction of sp³-hybridized carbons (Fsp3) is 0.214. The number of ether oxygens (including phenoxy) is 2. The molecule has 1 heterocycles. The number of carbonyl (C=O) groups is 2. The summed E-state index contributed by atoms with van der Waals surface area (Å²) >= 11 is 0. The Labute approximate surface area is 193 Å². The molecule has 5 heteroatoms. The summed E-state index contributed by atoms with van der Waals surface area (Å²) in [5, 5.41) is 0. The lowest BCUT2D eigenvalue weighted by molar-refractivity contribution is -0.122. The van der Waals surface area contributed by atoms with Crippen LogP contribution in [0.5, 0.6) is 11.5 Å². The van der Waals surface area contributed by atoms with Crippen LogP contribution >= 0.6 is 0 Å². The predicted octanol–water partition coefficient (Wildman–Crippen LogP) is 4.95. The fourth-order valence-corrected chi connectivity index (χ4v) is 5.14. The molecule has 166 valence electrons. The van der Waals surface area contributed by atoms with Crippen LogP contribution in [0.15, 0.2) is 91.0 Å². The second-order valence-electron chi connectivity index (χ2n) is 8.36. The molecular formula is C28H25NO4. The van der Waals surface area contributed by atoms with Gasteiger partial charge in [-0.05, 0) is 23.3 Å². The first-order chi connectivity index (χ1) is 16.1. The number of hydrogen-bond acceptors (Lipinski definition) is 4. The molecule has 0 N–H and O–H groups in total. The van der Waals surface area contributed by atoms with Gasteiger partial charge < -0.3 is 9.47 Å². The minimum atomic E-state index is -0.508. The van der Waals surface area contributed by atoms with Crippen molar-refractivity contribution >= 4 is 17.5 Å². The minimum absolute atomic E-state index is 0.186. The van der Waals surface area contributed by atoms with E-state index in [0.717, 1.165) is 11.1 Å². The van der Waals surface area contributed by atoms with E-state index in [1.165, 1.54) is 12.0 Å². The molecular weight excluding hydrogens is 414 g/mol. The van der Waals surface area contributed by atoms with Crippen LogP contribution in [0.1, 0.15) is 23.0 Å². The Bertz CT molecular complexity index is 1140. The van der Waals surface area contributed by atoms with Crippen LogP contribution in [0.25, 0.3) is 0 Å². The monoisotopic (exact) mass is 439 g/mol. The van der Waals surface area contributed by atoms with Gasteiger partial charge in [-0.3, -0.25) is 9.59 Å². The van der Waals surface area contributed by atoms with E-state index < -0.39 is 11.8 Å². The molecule has 0 aromatic heterocycles. The molecule has 2 aliphatic rings. The van der Waals surface area contributed by atoms with Crippen molar-refractivity contribution in [1.82, 2.24) is 0 Å². The summed E-state index contributed by atoms with van der Waals surface area (Å²) in [6.45, 7) is 0. The summed E-state index contributed by atoms with van der Waals surface area (Å²) in [6, 6.07) is 25.0. The van der Waals surface area contributed by atoms with Crippen LogP contribution in [-0.2, 0) is 9.59 Å². The molecule has 0 radical (unpaired) electrons. The molecule has 5 nitrogen and oxygen atoms in total. The van der Waals surface area contributed by atoms with E-state index in [2.05, 4.69) is 12.2 Å². The van der Waals surface area contributed by atoms with E-state index in [1.807, 2.05) is 60.7 Å². The first kappa shape index (κ1) is 21.0. The maximum atomic E-state index is 14.0. The maximum Gasteiger partial charge on any atom is 0.238 e. The van der Waals surface area contributed by atoms with Gasteiger partial charge in [-0.15, -0.1) is 0 Å². The average Bonchev–Trinajstić information content (AvgIpc) is 3.14. The first-order valence-corrected chi connectivity index (χ1v) is 11.0. The summed E-state index contributed by atoms with van der Waals surface area (Å²) in [7, 11) is 3.09. The molecule has 0 unspecified atom stereocenters. The van der Waals surface area contributed by atoms with Gasteiger partial charge in [-0.1, -0.05) is 72.8 Å². The van der Waals surface area contributed by atoms with Gasteiger partial charge in [-0.25, -0.2) is 4.90 Å². The quantitative estimate of drug-likeness (QED) is 0.417. The molecule has 5 rings (SSSR count). The molecule has 3 aromatic rings. The second kappa shape index (κ2) is 8.58. The molecule has 3 aromatic carbocycles. The van der Waals surface area contributed by atoms with Crippen LogP contribution in [0.2, 0.25) is 0 Å². The number of amides is 2. The second-order valence-corrected chi connectivity index (χ2v) is 8.36. The Morgan fingerprint density at radius 2 is 1.18 bits per heavy atom. The summed E-state index contributed by atoms with van der Waals surface area (Å²) in [5.41, 5.74) is 2.46. The van der Waals surface area contributed by atoms with E-state index in [1.54, 1.807) is 25.3 Å². The van der Waals surface area contributed by atoms with Gasteiger partial charge >= 0.3 is 0 Å². The number of imide groups is 1. The maximum absolute atomic E-state index is 14.0. The zero-order chi connectivity index (χ0) is 22.9. The molecule has 33 heavy (non-hydrogen) atoms. The third-order valence-corrected chi connectivity index (χ3v) is 6.69. The van der Waals surface area contributed by atoms with E-state index >= 15 is 0 Å². The summed E-state index contributed by atoms with van der Waals surface area (Å²) < 4.78 is 10.9. The number of nitrogens with zero attached hydrogens (tertiary/aromatic N) is 1. The highest BCUT2D eigenvalue weighted by molar-refractivity contribution is 6.23. The molecule has 4 atom stereocenters. The van der Waals surface area contributed by atoms with Crippen molar-refractivity contribution in [2.24, 2.45) is 11.8 Å². The Hall–Kier alpha value is -3.86. The van der Waals surface area contributed by atoms with Crippen molar-refractivity contribution < 1.29 is 19.1 Å². The summed E-state index contributed by atoms with van der Waals surface area (Å²) in [4.78, 5) is 29.2. The van der Waals surface area contributed by atoms with Crippen molar-refractivity contribution in [3.8, 4) is 11.5 Å². The van der Waals surface area contributed by atoms with Crippen molar-refractivity contribution in [2.75, 3.05) is 19.1 Å². The molecule has 0 bridgehead atoms. The van der Waals surface area contributed by atoms with Crippen LogP contribution < -0.4 is 14.4 Å². The lowest BCUT2D eigenvalue weighted by Crippen LogP contribution is -2.32. The standard InChI is InChI=1S/C28H25NO4/c1-32-20-13-16-24(33-2)23(17-20)29-27(30)25-21(18-9-5-3-6-10-18)14-15-22(26(25)28(29)31)19-11-7-4-8-12-19/h3-17,21-22,25-26H,1-2H3/t21-,22+,25-,26-/m1/s1. The largest absolute Gasteiger partial charge is 0.497 e. The SMILES string of the molecule is COc1ccc(OC)c(N2C(=O)[C@H]3[C@H](C2=O)[C@H](c2ccccc2)C=C[C@@H]3c2ccccc2)c1. The average molecular weight is 440 g/mol. The first-order valence-electron chi connectivity index (χ1n) is 11.0. The van der Waals surface area contributed by atoms with E-state index in [9.17, 15) is 9.59 Å². The van der Waals surface area contributed by atoms with Crippen molar-refractivity contribution in [1.29, 1.82) is 0 Å². The van der Waals surface area contributed by atoms with Crippen molar-refractivity contribution in [3.05, 3.63) is 102 Å². The van der Waals surface area contributed by atoms with E-state index in [0.29, 0.717) is 17.2 Å². The number of fused-ring (bicyclic) bond motifs is 1. The van der Waals surface area contributed by atoms with Gasteiger partial charge in [0, 0.05) is 17.9 Å².